The van der Waals surface area contributed by atoms with E-state index in [4.69, 9.17) is 9.47 Å². The standard InChI is InChI=1S/C20H28O4/c1-6-11(2)18(21)23-16-8-7-14-9-17-15(12(3)19(22)24-17)10-20(14,5)13(16)4/h6,13-14,16-17H,7-10H2,1-5H3/b11-6+/t13-,14+,16?,17?,20+/m0/s1. The third-order valence-corrected chi connectivity index (χ3v) is 6.84. The van der Waals surface area contributed by atoms with Gasteiger partial charge in [0.05, 0.1) is 0 Å². The number of allylic oxidation sites excluding steroid dienone is 1. The van der Waals surface area contributed by atoms with Crippen LogP contribution in [0.15, 0.2) is 22.8 Å². The molecule has 132 valence electrons. The van der Waals surface area contributed by atoms with Crippen LogP contribution >= 0.6 is 0 Å². The van der Waals surface area contributed by atoms with Gasteiger partial charge in [-0.1, -0.05) is 19.9 Å². The second kappa shape index (κ2) is 6.05. The molecular weight excluding hydrogens is 304 g/mol. The molecule has 0 spiro atoms. The van der Waals surface area contributed by atoms with Gasteiger partial charge in [-0.2, -0.15) is 0 Å². The van der Waals surface area contributed by atoms with Crippen molar-refractivity contribution in [1.29, 1.82) is 0 Å². The van der Waals surface area contributed by atoms with Crippen LogP contribution in [-0.4, -0.2) is 24.1 Å². The molecule has 2 aliphatic carbocycles. The van der Waals surface area contributed by atoms with E-state index in [1.54, 1.807) is 13.0 Å². The van der Waals surface area contributed by atoms with Gasteiger partial charge in [0, 0.05) is 11.1 Å². The molecule has 2 fully saturated rings. The van der Waals surface area contributed by atoms with Gasteiger partial charge in [0.25, 0.3) is 0 Å². The van der Waals surface area contributed by atoms with Crippen LogP contribution < -0.4 is 0 Å². The van der Waals surface area contributed by atoms with Crippen LogP contribution in [0.2, 0.25) is 0 Å². The summed E-state index contributed by atoms with van der Waals surface area (Å²) in [5.41, 5.74) is 2.66. The Labute approximate surface area is 144 Å². The van der Waals surface area contributed by atoms with E-state index in [2.05, 4.69) is 13.8 Å². The van der Waals surface area contributed by atoms with Crippen molar-refractivity contribution in [3.8, 4) is 0 Å². The first-order valence-corrected chi connectivity index (χ1v) is 9.02. The van der Waals surface area contributed by atoms with Crippen LogP contribution in [0.3, 0.4) is 0 Å². The summed E-state index contributed by atoms with van der Waals surface area (Å²) in [6, 6.07) is 0. The quantitative estimate of drug-likeness (QED) is 0.567. The molecule has 1 aliphatic heterocycles. The van der Waals surface area contributed by atoms with E-state index in [0.717, 1.165) is 31.3 Å². The fourth-order valence-electron chi connectivity index (χ4n) is 4.71. The first kappa shape index (κ1) is 17.2. The lowest BCUT2D eigenvalue weighted by Crippen LogP contribution is -2.50. The van der Waals surface area contributed by atoms with E-state index in [0.29, 0.717) is 11.5 Å². The zero-order valence-electron chi connectivity index (χ0n) is 15.3. The summed E-state index contributed by atoms with van der Waals surface area (Å²) < 4.78 is 11.3. The molecule has 0 bridgehead atoms. The number of carbonyl (C=O) groups excluding carboxylic acids is 2. The maximum atomic E-state index is 12.2. The van der Waals surface area contributed by atoms with Gasteiger partial charge < -0.3 is 9.47 Å². The lowest BCUT2D eigenvalue weighted by Gasteiger charge is -2.53. The number of esters is 2. The van der Waals surface area contributed by atoms with Crippen molar-refractivity contribution < 1.29 is 19.1 Å². The van der Waals surface area contributed by atoms with Crippen LogP contribution in [0, 0.1) is 17.3 Å². The predicted octanol–water partition coefficient (Wildman–Crippen LogP) is 3.95. The molecule has 0 radical (unpaired) electrons. The van der Waals surface area contributed by atoms with Crippen LogP contribution in [0.5, 0.6) is 0 Å². The van der Waals surface area contributed by atoms with Crippen molar-refractivity contribution in [1.82, 2.24) is 0 Å². The summed E-state index contributed by atoms with van der Waals surface area (Å²) in [4.78, 5) is 24.1. The lowest BCUT2D eigenvalue weighted by atomic mass is 9.53. The third-order valence-electron chi connectivity index (χ3n) is 6.84. The third kappa shape index (κ3) is 2.60. The van der Waals surface area contributed by atoms with Gasteiger partial charge in [0.1, 0.15) is 12.2 Å². The fraction of sp³-hybridized carbons (Fsp3) is 0.700. The average Bonchev–Trinajstić information content (AvgIpc) is 2.82. The van der Waals surface area contributed by atoms with Crippen molar-refractivity contribution in [2.24, 2.45) is 17.3 Å². The molecular formula is C20H28O4. The van der Waals surface area contributed by atoms with Gasteiger partial charge in [-0.05, 0) is 69.3 Å². The summed E-state index contributed by atoms with van der Waals surface area (Å²) in [5.74, 6) is 0.413. The summed E-state index contributed by atoms with van der Waals surface area (Å²) in [5, 5.41) is 0. The molecule has 2 unspecified atom stereocenters. The van der Waals surface area contributed by atoms with Gasteiger partial charge >= 0.3 is 11.9 Å². The minimum absolute atomic E-state index is 0.0212. The molecule has 0 aromatic heterocycles. The molecule has 0 aromatic carbocycles. The highest BCUT2D eigenvalue weighted by atomic mass is 16.6. The normalized spacial score (nSPS) is 39.2. The molecule has 5 atom stereocenters. The molecule has 0 aromatic rings. The Morgan fingerprint density at radius 3 is 2.75 bits per heavy atom. The topological polar surface area (TPSA) is 52.6 Å². The van der Waals surface area contributed by atoms with Crippen molar-refractivity contribution in [3.63, 3.8) is 0 Å². The summed E-state index contributed by atoms with van der Waals surface area (Å²) in [6.45, 7) is 10.0. The van der Waals surface area contributed by atoms with Gasteiger partial charge in [-0.15, -0.1) is 0 Å². The van der Waals surface area contributed by atoms with Gasteiger partial charge in [-0.3, -0.25) is 0 Å². The highest BCUT2D eigenvalue weighted by molar-refractivity contribution is 5.91. The highest BCUT2D eigenvalue weighted by Crippen LogP contribution is 2.57. The molecule has 2 saturated carbocycles. The molecule has 3 aliphatic rings. The second-order valence-corrected chi connectivity index (χ2v) is 7.94. The number of carbonyl (C=O) groups is 2. The van der Waals surface area contributed by atoms with E-state index in [9.17, 15) is 9.59 Å². The highest BCUT2D eigenvalue weighted by Gasteiger charge is 2.53. The first-order valence-electron chi connectivity index (χ1n) is 9.02. The van der Waals surface area contributed by atoms with Gasteiger partial charge in [0.15, 0.2) is 0 Å². The second-order valence-electron chi connectivity index (χ2n) is 7.94. The van der Waals surface area contributed by atoms with Crippen LogP contribution in [0.1, 0.15) is 60.3 Å². The number of fused-ring (bicyclic) bond motifs is 2. The number of hydrogen-bond donors (Lipinski definition) is 0. The predicted molar refractivity (Wildman–Crippen MR) is 91.1 cm³/mol. The Morgan fingerprint density at radius 1 is 1.38 bits per heavy atom. The van der Waals surface area contributed by atoms with E-state index in [-0.39, 0.29) is 35.5 Å². The molecule has 0 saturated heterocycles. The largest absolute Gasteiger partial charge is 0.459 e. The van der Waals surface area contributed by atoms with Crippen molar-refractivity contribution in [3.05, 3.63) is 22.8 Å². The van der Waals surface area contributed by atoms with E-state index in [1.165, 1.54) is 5.57 Å². The Morgan fingerprint density at radius 2 is 2.08 bits per heavy atom. The van der Waals surface area contributed by atoms with Crippen LogP contribution in [-0.2, 0) is 19.1 Å². The Balaban J connectivity index is 1.81. The monoisotopic (exact) mass is 332 g/mol. The molecule has 0 N–H and O–H groups in total. The van der Waals surface area contributed by atoms with E-state index >= 15 is 0 Å². The summed E-state index contributed by atoms with van der Waals surface area (Å²) in [6.07, 6.45) is 5.42. The SMILES string of the molecule is C/C=C(\C)C(=O)OC1CC[C@@H]2CC3OC(=O)C(C)=C3C[C@]2(C)[C@H]1C. The smallest absolute Gasteiger partial charge is 0.334 e. The first-order chi connectivity index (χ1) is 11.3. The zero-order chi connectivity index (χ0) is 17.6. The van der Waals surface area contributed by atoms with Gasteiger partial charge in [-0.25, -0.2) is 9.59 Å². The summed E-state index contributed by atoms with van der Waals surface area (Å²) >= 11 is 0. The zero-order valence-corrected chi connectivity index (χ0v) is 15.3. The molecule has 3 rings (SSSR count). The Kier molecular flexibility index (Phi) is 4.35. The van der Waals surface area contributed by atoms with Crippen molar-refractivity contribution in [2.45, 2.75) is 72.5 Å². The Hall–Kier alpha value is -1.58. The van der Waals surface area contributed by atoms with Crippen LogP contribution in [0.4, 0.5) is 0 Å². The molecule has 1 heterocycles. The lowest BCUT2D eigenvalue weighted by molar-refractivity contribution is -0.160. The number of hydrogen-bond acceptors (Lipinski definition) is 4. The minimum Gasteiger partial charge on any atom is -0.459 e. The van der Waals surface area contributed by atoms with Crippen molar-refractivity contribution in [2.75, 3.05) is 0 Å². The fourth-order valence-corrected chi connectivity index (χ4v) is 4.71. The average molecular weight is 332 g/mol. The minimum atomic E-state index is -0.208. The molecule has 4 heteroatoms. The number of ether oxygens (including phenoxy) is 2. The maximum absolute atomic E-state index is 12.2. The van der Waals surface area contributed by atoms with Crippen LogP contribution in [0.25, 0.3) is 0 Å². The molecule has 4 nitrogen and oxygen atoms in total. The number of rotatable bonds is 2. The maximum Gasteiger partial charge on any atom is 0.334 e. The van der Waals surface area contributed by atoms with Gasteiger partial charge in [0.2, 0.25) is 0 Å². The molecule has 24 heavy (non-hydrogen) atoms. The molecule has 0 amide bonds. The van der Waals surface area contributed by atoms with E-state index in [1.807, 2.05) is 13.8 Å². The Bertz CT molecular complexity index is 630. The van der Waals surface area contributed by atoms with Crippen molar-refractivity contribution >= 4 is 11.9 Å². The summed E-state index contributed by atoms with van der Waals surface area (Å²) in [7, 11) is 0. The van der Waals surface area contributed by atoms with E-state index < -0.39 is 0 Å².